The first-order valence-electron chi connectivity index (χ1n) is 12.0. The Balaban J connectivity index is 2.05. The van der Waals surface area contributed by atoms with E-state index < -0.39 is 28.5 Å². The molecule has 2 aromatic rings. The van der Waals surface area contributed by atoms with E-state index in [1.54, 1.807) is 0 Å². The van der Waals surface area contributed by atoms with Gasteiger partial charge in [0.2, 0.25) is 5.12 Å². The molecule has 0 aliphatic rings. The molecule has 1 aromatic carbocycles. The summed E-state index contributed by atoms with van der Waals surface area (Å²) in [4.78, 5) is 34.4. The summed E-state index contributed by atoms with van der Waals surface area (Å²) in [6, 6.07) is 3.93. The Kier molecular flexibility index (Phi) is 12.2. The molecule has 1 heterocycles. The molecule has 11 nitrogen and oxygen atoms in total. The third kappa shape index (κ3) is 9.27. The molecule has 0 spiro atoms. The number of hydrogen-bond acceptors (Lipinski definition) is 8. The van der Waals surface area contributed by atoms with Crippen LogP contribution in [-0.2, 0) is 16.1 Å². The van der Waals surface area contributed by atoms with E-state index in [1.165, 1.54) is 63.1 Å². The van der Waals surface area contributed by atoms with Crippen LogP contribution in [0.15, 0.2) is 18.2 Å². The van der Waals surface area contributed by atoms with Crippen LogP contribution in [-0.4, -0.2) is 47.9 Å². The zero-order chi connectivity index (χ0) is 25.6. The number of ether oxygens (including phenoxy) is 1. The molecule has 0 saturated carbocycles. The smallest absolute Gasteiger partial charge is 0.325 e. The SMILES string of the molecule is CCCCCCCCCCCCOc1ccc([N+](=O)[O-])cc1C(C(=O)S)c1nnnn1CC(=O)O. The molecule has 0 aliphatic heterocycles. The minimum absolute atomic E-state index is 0.0864. The predicted octanol–water partition coefficient (Wildman–Crippen LogP) is 4.55. The molecule has 1 N–H and O–H groups in total. The Morgan fingerprint density at radius 1 is 1.11 bits per heavy atom. The van der Waals surface area contributed by atoms with E-state index in [0.717, 1.165) is 23.9 Å². The Hall–Kier alpha value is -3.02. The van der Waals surface area contributed by atoms with Crippen molar-refractivity contribution in [2.75, 3.05) is 6.61 Å². The molecule has 0 saturated heterocycles. The maximum absolute atomic E-state index is 12.5. The maximum Gasteiger partial charge on any atom is 0.325 e. The molecule has 0 aliphatic carbocycles. The predicted molar refractivity (Wildman–Crippen MR) is 132 cm³/mol. The minimum Gasteiger partial charge on any atom is -0.493 e. The summed E-state index contributed by atoms with van der Waals surface area (Å²) in [5.41, 5.74) is -0.0872. The second kappa shape index (κ2) is 15.1. The number of non-ortho nitro benzene ring substituents is 1. The number of nitrogens with zero attached hydrogens (tertiary/aromatic N) is 5. The van der Waals surface area contributed by atoms with Gasteiger partial charge in [-0.2, -0.15) is 0 Å². The van der Waals surface area contributed by atoms with E-state index >= 15 is 0 Å². The second-order valence-corrected chi connectivity index (χ2v) is 8.81. The van der Waals surface area contributed by atoms with Crippen molar-refractivity contribution in [2.45, 2.75) is 83.6 Å². The van der Waals surface area contributed by atoms with Gasteiger partial charge in [-0.25, -0.2) is 4.68 Å². The van der Waals surface area contributed by atoms with Gasteiger partial charge in [-0.1, -0.05) is 64.7 Å². The van der Waals surface area contributed by atoms with E-state index in [9.17, 15) is 19.7 Å². The number of aromatic nitrogens is 4. The first-order valence-corrected chi connectivity index (χ1v) is 12.4. The molecule has 1 aromatic heterocycles. The fourth-order valence-electron chi connectivity index (χ4n) is 3.82. The molecule has 35 heavy (non-hydrogen) atoms. The number of carboxylic acids is 1. The lowest BCUT2D eigenvalue weighted by Crippen LogP contribution is -2.20. The summed E-state index contributed by atoms with van der Waals surface area (Å²) >= 11 is 3.93. The molecule has 1 atom stereocenters. The number of tetrazole rings is 1. The van der Waals surface area contributed by atoms with Gasteiger partial charge < -0.3 is 9.84 Å². The number of thiol groups is 1. The highest BCUT2D eigenvalue weighted by atomic mass is 32.1. The van der Waals surface area contributed by atoms with Crippen molar-refractivity contribution >= 4 is 29.4 Å². The number of nitro benzene ring substituents is 1. The summed E-state index contributed by atoms with van der Waals surface area (Å²) < 4.78 is 6.84. The highest BCUT2D eigenvalue weighted by molar-refractivity contribution is 7.96. The highest BCUT2D eigenvalue weighted by Crippen LogP contribution is 2.35. The standard InChI is InChI=1S/C23H33N5O6S/c1-2-3-4-5-6-7-8-9-10-11-14-34-19-13-12-17(28(32)33)15-18(19)21(23(31)35)22-24-25-26-27(22)16-20(29)30/h12-13,15,21H,2-11,14,16H2,1H3,(H,29,30)(H,31,35). The third-order valence-electron chi connectivity index (χ3n) is 5.62. The first kappa shape index (κ1) is 28.2. The van der Waals surface area contributed by atoms with Crippen molar-refractivity contribution in [3.8, 4) is 5.75 Å². The topological polar surface area (TPSA) is 150 Å². The van der Waals surface area contributed by atoms with Gasteiger partial charge in [0, 0.05) is 17.7 Å². The maximum atomic E-state index is 12.5. The molecule has 12 heteroatoms. The van der Waals surface area contributed by atoms with Crippen molar-refractivity contribution < 1.29 is 24.4 Å². The number of benzene rings is 1. The van der Waals surface area contributed by atoms with Gasteiger partial charge in [0.1, 0.15) is 18.2 Å². The summed E-state index contributed by atoms with van der Waals surface area (Å²) in [6.07, 6.45) is 11.7. The van der Waals surface area contributed by atoms with Gasteiger partial charge in [0.05, 0.1) is 11.5 Å². The highest BCUT2D eigenvalue weighted by Gasteiger charge is 2.31. The van der Waals surface area contributed by atoms with Crippen molar-refractivity contribution in [1.82, 2.24) is 20.2 Å². The average Bonchev–Trinajstić information content (AvgIpc) is 3.24. The number of nitro groups is 1. The lowest BCUT2D eigenvalue weighted by Gasteiger charge is -2.17. The van der Waals surface area contributed by atoms with E-state index in [4.69, 9.17) is 9.84 Å². The van der Waals surface area contributed by atoms with Gasteiger partial charge in [-0.3, -0.25) is 19.7 Å². The van der Waals surface area contributed by atoms with Crippen molar-refractivity contribution in [3.63, 3.8) is 0 Å². The van der Waals surface area contributed by atoms with Crippen molar-refractivity contribution in [3.05, 3.63) is 39.7 Å². The fraction of sp³-hybridized carbons (Fsp3) is 0.609. The van der Waals surface area contributed by atoms with E-state index in [0.29, 0.717) is 6.61 Å². The van der Waals surface area contributed by atoms with Crippen molar-refractivity contribution in [1.29, 1.82) is 0 Å². The van der Waals surface area contributed by atoms with Gasteiger partial charge in [0.25, 0.3) is 5.69 Å². The molecular formula is C23H33N5O6S. The van der Waals surface area contributed by atoms with Crippen molar-refractivity contribution in [2.24, 2.45) is 0 Å². The third-order valence-corrected chi connectivity index (χ3v) is 5.88. The Morgan fingerprint density at radius 2 is 1.74 bits per heavy atom. The van der Waals surface area contributed by atoms with E-state index in [2.05, 4.69) is 35.1 Å². The Labute approximate surface area is 209 Å². The van der Waals surface area contributed by atoms with Crippen LogP contribution in [0, 0.1) is 10.1 Å². The fourth-order valence-corrected chi connectivity index (χ4v) is 4.07. The monoisotopic (exact) mass is 507 g/mol. The first-order chi connectivity index (χ1) is 16.8. The molecule has 192 valence electrons. The summed E-state index contributed by atoms with van der Waals surface area (Å²) in [5.74, 6) is -2.27. The van der Waals surface area contributed by atoms with Gasteiger partial charge in [-0.05, 0) is 22.9 Å². The van der Waals surface area contributed by atoms with Gasteiger partial charge >= 0.3 is 5.97 Å². The summed E-state index contributed by atoms with van der Waals surface area (Å²) in [5, 5.41) is 30.6. The van der Waals surface area contributed by atoms with E-state index in [1.807, 2.05) is 0 Å². The zero-order valence-corrected chi connectivity index (χ0v) is 20.9. The van der Waals surface area contributed by atoms with Gasteiger partial charge in [0.15, 0.2) is 5.82 Å². The molecule has 1 unspecified atom stereocenters. The minimum atomic E-state index is -1.24. The Morgan fingerprint density at radius 3 is 2.31 bits per heavy atom. The molecule has 0 radical (unpaired) electrons. The molecule has 0 amide bonds. The van der Waals surface area contributed by atoms with Crippen LogP contribution in [0.2, 0.25) is 0 Å². The number of rotatable bonds is 18. The number of carboxylic acid groups (broad SMARTS) is 1. The zero-order valence-electron chi connectivity index (χ0n) is 20.0. The molecule has 0 fully saturated rings. The molecular weight excluding hydrogens is 474 g/mol. The second-order valence-electron chi connectivity index (χ2n) is 8.37. The normalized spacial score (nSPS) is 11.8. The Bertz CT molecular complexity index is 983. The summed E-state index contributed by atoms with van der Waals surface area (Å²) in [7, 11) is 0. The number of carbonyl (C=O) groups excluding carboxylic acids is 1. The average molecular weight is 508 g/mol. The van der Waals surface area contributed by atoms with Crippen LogP contribution in [0.1, 0.15) is 88.4 Å². The van der Waals surface area contributed by atoms with Crippen LogP contribution in [0.3, 0.4) is 0 Å². The van der Waals surface area contributed by atoms with Crippen LogP contribution < -0.4 is 4.74 Å². The lowest BCUT2D eigenvalue weighted by atomic mass is 9.97. The van der Waals surface area contributed by atoms with Crippen LogP contribution >= 0.6 is 12.6 Å². The van der Waals surface area contributed by atoms with E-state index in [-0.39, 0.29) is 22.8 Å². The van der Waals surface area contributed by atoms with Crippen LogP contribution in [0.25, 0.3) is 0 Å². The van der Waals surface area contributed by atoms with Crippen LogP contribution in [0.4, 0.5) is 5.69 Å². The van der Waals surface area contributed by atoms with Crippen LogP contribution in [0.5, 0.6) is 5.75 Å². The number of unbranched alkanes of at least 4 members (excludes halogenated alkanes) is 9. The quantitative estimate of drug-likeness (QED) is 0.128. The molecule has 2 rings (SSSR count). The van der Waals surface area contributed by atoms with Gasteiger partial charge in [-0.15, -0.1) is 17.7 Å². The number of hydrogen-bond donors (Lipinski definition) is 2. The molecule has 0 bridgehead atoms. The lowest BCUT2D eigenvalue weighted by molar-refractivity contribution is -0.384. The summed E-state index contributed by atoms with van der Waals surface area (Å²) in [6.45, 7) is 2.00. The number of aliphatic carboxylic acids is 1. The largest absolute Gasteiger partial charge is 0.493 e. The number of carbonyl (C=O) groups is 2.